The summed E-state index contributed by atoms with van der Waals surface area (Å²) in [5, 5.41) is 4.37. The normalized spacial score (nSPS) is 14.8. The molecule has 4 rings (SSSR count). The van der Waals surface area contributed by atoms with Gasteiger partial charge in [0.2, 0.25) is 0 Å². The van der Waals surface area contributed by atoms with Gasteiger partial charge in [-0.3, -0.25) is 0 Å². The van der Waals surface area contributed by atoms with Gasteiger partial charge in [0.25, 0.3) is 0 Å². The summed E-state index contributed by atoms with van der Waals surface area (Å²) in [5.41, 5.74) is 3.12. The van der Waals surface area contributed by atoms with E-state index in [0.717, 1.165) is 16.8 Å². The fourth-order valence-electron chi connectivity index (χ4n) is 2.93. The van der Waals surface area contributed by atoms with Gasteiger partial charge in [0.05, 0.1) is 12.4 Å². The first kappa shape index (κ1) is 18.9. The summed E-state index contributed by atoms with van der Waals surface area (Å²) < 4.78 is 15.8. The molecule has 0 bridgehead atoms. The SMILES string of the molecule is CC(/C(=N\OCc1ccccc1F)c1ccc(C#CC2CC2)cc1)n1ccnc1. The predicted octanol–water partition coefficient (Wildman–Crippen LogP) is 4.97. The molecule has 1 unspecified atom stereocenters. The zero-order chi connectivity index (χ0) is 20.1. The van der Waals surface area contributed by atoms with Gasteiger partial charge in [-0.15, -0.1) is 0 Å². The van der Waals surface area contributed by atoms with Crippen molar-refractivity contribution in [2.24, 2.45) is 11.1 Å². The lowest BCUT2D eigenvalue weighted by Gasteiger charge is -2.16. The molecular weight excluding hydrogens is 365 g/mol. The number of oxime groups is 1. The van der Waals surface area contributed by atoms with Crippen molar-refractivity contribution in [1.29, 1.82) is 0 Å². The van der Waals surface area contributed by atoms with E-state index in [-0.39, 0.29) is 18.5 Å². The molecule has 0 N–H and O–H groups in total. The maximum atomic E-state index is 13.8. The summed E-state index contributed by atoms with van der Waals surface area (Å²) in [5.74, 6) is 6.76. The molecule has 146 valence electrons. The van der Waals surface area contributed by atoms with Crippen LogP contribution in [0.15, 0.2) is 72.4 Å². The van der Waals surface area contributed by atoms with Crippen molar-refractivity contribution in [1.82, 2.24) is 9.55 Å². The third-order valence-corrected chi connectivity index (χ3v) is 4.89. The molecule has 3 aromatic rings. The number of aromatic nitrogens is 2. The van der Waals surface area contributed by atoms with Crippen molar-refractivity contribution in [2.45, 2.75) is 32.4 Å². The Balaban J connectivity index is 1.56. The largest absolute Gasteiger partial charge is 0.391 e. The summed E-state index contributed by atoms with van der Waals surface area (Å²) in [6, 6.07) is 14.4. The second-order valence-electron chi connectivity index (χ2n) is 7.15. The lowest BCUT2D eigenvalue weighted by Crippen LogP contribution is -2.17. The number of hydrogen-bond donors (Lipinski definition) is 0. The number of imidazole rings is 1. The van der Waals surface area contributed by atoms with E-state index >= 15 is 0 Å². The molecule has 0 aliphatic heterocycles. The first-order chi connectivity index (χ1) is 14.2. The van der Waals surface area contributed by atoms with Gasteiger partial charge in [0.1, 0.15) is 18.1 Å². The van der Waals surface area contributed by atoms with Crippen LogP contribution in [0.5, 0.6) is 0 Å². The van der Waals surface area contributed by atoms with Gasteiger partial charge in [-0.05, 0) is 38.0 Å². The first-order valence-electron chi connectivity index (χ1n) is 9.73. The third-order valence-electron chi connectivity index (χ3n) is 4.89. The minimum atomic E-state index is -0.300. The lowest BCUT2D eigenvalue weighted by molar-refractivity contribution is 0.126. The van der Waals surface area contributed by atoms with Crippen LogP contribution in [0.3, 0.4) is 0 Å². The van der Waals surface area contributed by atoms with E-state index in [4.69, 9.17) is 4.84 Å². The molecule has 5 heteroatoms. The molecule has 0 radical (unpaired) electrons. The summed E-state index contributed by atoms with van der Waals surface area (Å²) in [4.78, 5) is 9.66. The van der Waals surface area contributed by atoms with Crippen molar-refractivity contribution in [3.05, 3.63) is 89.8 Å². The molecule has 1 aliphatic rings. The van der Waals surface area contributed by atoms with Gasteiger partial charge in [-0.1, -0.05) is 47.3 Å². The Labute approximate surface area is 170 Å². The van der Waals surface area contributed by atoms with Crippen LogP contribution in [0.4, 0.5) is 4.39 Å². The monoisotopic (exact) mass is 387 g/mol. The molecule has 1 aliphatic carbocycles. The number of hydrogen-bond acceptors (Lipinski definition) is 3. The topological polar surface area (TPSA) is 39.4 Å². The number of rotatable bonds is 6. The minimum absolute atomic E-state index is 0.0672. The zero-order valence-corrected chi connectivity index (χ0v) is 16.3. The van der Waals surface area contributed by atoms with Gasteiger partial charge in [0, 0.05) is 35.0 Å². The second kappa shape index (κ2) is 8.74. The van der Waals surface area contributed by atoms with Crippen molar-refractivity contribution in [3.8, 4) is 11.8 Å². The Morgan fingerprint density at radius 2 is 2.03 bits per heavy atom. The Bertz CT molecular complexity index is 1040. The highest BCUT2D eigenvalue weighted by atomic mass is 19.1. The minimum Gasteiger partial charge on any atom is -0.391 e. The maximum absolute atomic E-state index is 13.8. The molecule has 0 saturated heterocycles. The van der Waals surface area contributed by atoms with E-state index in [1.807, 2.05) is 42.0 Å². The molecule has 1 saturated carbocycles. The summed E-state index contributed by atoms with van der Waals surface area (Å²) in [7, 11) is 0. The average Bonchev–Trinajstić information content (AvgIpc) is 3.41. The lowest BCUT2D eigenvalue weighted by atomic mass is 10.0. The Morgan fingerprint density at radius 1 is 1.24 bits per heavy atom. The van der Waals surface area contributed by atoms with Crippen LogP contribution < -0.4 is 0 Å². The number of benzene rings is 2. The molecule has 1 heterocycles. The molecule has 1 aromatic heterocycles. The van der Waals surface area contributed by atoms with Crippen LogP contribution >= 0.6 is 0 Å². The van der Waals surface area contributed by atoms with Crippen LogP contribution in [-0.2, 0) is 11.4 Å². The van der Waals surface area contributed by atoms with E-state index in [1.54, 1.807) is 30.7 Å². The van der Waals surface area contributed by atoms with Gasteiger partial charge >= 0.3 is 0 Å². The average molecular weight is 387 g/mol. The van der Waals surface area contributed by atoms with Gasteiger partial charge < -0.3 is 9.40 Å². The molecular formula is C24H22FN3O. The summed E-state index contributed by atoms with van der Waals surface area (Å²) in [6.07, 6.45) is 7.78. The van der Waals surface area contributed by atoms with Crippen LogP contribution in [0.25, 0.3) is 0 Å². The first-order valence-corrected chi connectivity index (χ1v) is 9.73. The molecule has 1 fully saturated rings. The van der Waals surface area contributed by atoms with E-state index in [2.05, 4.69) is 22.0 Å². The highest BCUT2D eigenvalue weighted by Crippen LogP contribution is 2.27. The molecule has 29 heavy (non-hydrogen) atoms. The van der Waals surface area contributed by atoms with Crippen molar-refractivity contribution in [2.75, 3.05) is 0 Å². The van der Waals surface area contributed by atoms with E-state index in [1.165, 1.54) is 18.9 Å². The molecule has 0 amide bonds. The predicted molar refractivity (Wildman–Crippen MR) is 111 cm³/mol. The van der Waals surface area contributed by atoms with Gasteiger partial charge in [0.15, 0.2) is 0 Å². The van der Waals surface area contributed by atoms with Gasteiger partial charge in [-0.2, -0.15) is 0 Å². The maximum Gasteiger partial charge on any atom is 0.145 e. The summed E-state index contributed by atoms with van der Waals surface area (Å²) in [6.45, 7) is 2.09. The smallest absolute Gasteiger partial charge is 0.145 e. The third kappa shape index (κ3) is 4.91. The number of nitrogens with zero attached hydrogens (tertiary/aromatic N) is 3. The standard InChI is InChI=1S/C24H22FN3O/c1-18(28-15-14-26-17-28)24(27-29-16-22-4-2-3-5-23(22)25)21-12-10-20(11-13-21)9-8-19-6-7-19/h2-5,10-15,17-19H,6-7,16H2,1H3/b27-24+. The fourth-order valence-corrected chi connectivity index (χ4v) is 2.93. The van der Waals surface area contributed by atoms with Crippen molar-refractivity contribution >= 4 is 5.71 Å². The molecule has 1 atom stereocenters. The molecule has 0 spiro atoms. The van der Waals surface area contributed by atoms with Crippen molar-refractivity contribution < 1.29 is 9.23 Å². The second-order valence-corrected chi connectivity index (χ2v) is 7.15. The summed E-state index contributed by atoms with van der Waals surface area (Å²) >= 11 is 0. The van der Waals surface area contributed by atoms with E-state index in [0.29, 0.717) is 11.5 Å². The Kier molecular flexibility index (Phi) is 5.71. The number of halogens is 1. The van der Waals surface area contributed by atoms with Crippen LogP contribution in [0.1, 0.15) is 42.5 Å². The fraction of sp³-hybridized carbons (Fsp3) is 0.250. The van der Waals surface area contributed by atoms with Crippen molar-refractivity contribution in [3.63, 3.8) is 0 Å². The Hall–Kier alpha value is -3.39. The van der Waals surface area contributed by atoms with Gasteiger partial charge in [-0.25, -0.2) is 9.37 Å². The highest BCUT2D eigenvalue weighted by Gasteiger charge is 2.18. The molecule has 4 nitrogen and oxygen atoms in total. The van der Waals surface area contributed by atoms with Crippen LogP contribution in [0, 0.1) is 23.6 Å². The van der Waals surface area contributed by atoms with E-state index in [9.17, 15) is 4.39 Å². The zero-order valence-electron chi connectivity index (χ0n) is 16.3. The quantitative estimate of drug-likeness (QED) is 0.340. The Morgan fingerprint density at radius 3 is 2.72 bits per heavy atom. The highest BCUT2D eigenvalue weighted by molar-refractivity contribution is 6.02. The van der Waals surface area contributed by atoms with Crippen LogP contribution in [-0.4, -0.2) is 15.3 Å². The van der Waals surface area contributed by atoms with Crippen LogP contribution in [0.2, 0.25) is 0 Å². The van der Waals surface area contributed by atoms with E-state index < -0.39 is 0 Å². The molecule has 2 aromatic carbocycles.